The highest BCUT2D eigenvalue weighted by atomic mass is 79.9. The summed E-state index contributed by atoms with van der Waals surface area (Å²) in [5.41, 5.74) is 2.35. The van der Waals surface area contributed by atoms with Gasteiger partial charge in [-0.2, -0.15) is 0 Å². The SMILES string of the molecule is O=C1NC(SCc2ccccc2Cl)=NN2C1=c1ccccc1=NC2c1ccc(-c2ccc(Br)cc2)o1. The molecule has 1 amide bonds. The van der Waals surface area contributed by atoms with E-state index in [9.17, 15) is 4.79 Å². The summed E-state index contributed by atoms with van der Waals surface area (Å²) in [5.74, 6) is 1.63. The van der Waals surface area contributed by atoms with Gasteiger partial charge in [-0.15, -0.1) is 5.10 Å². The van der Waals surface area contributed by atoms with Crippen molar-refractivity contribution in [1.29, 1.82) is 0 Å². The van der Waals surface area contributed by atoms with E-state index in [4.69, 9.17) is 26.1 Å². The average molecular weight is 578 g/mol. The number of hydrogen-bond donors (Lipinski definition) is 1. The Morgan fingerprint density at radius 1 is 1.00 bits per heavy atom. The lowest BCUT2D eigenvalue weighted by molar-refractivity contribution is -0.116. The summed E-state index contributed by atoms with van der Waals surface area (Å²) in [6.07, 6.45) is -0.624. The second-order valence-corrected chi connectivity index (χ2v) is 10.4. The number of furan rings is 1. The van der Waals surface area contributed by atoms with Crippen LogP contribution < -0.4 is 15.9 Å². The van der Waals surface area contributed by atoms with Gasteiger partial charge in [0.1, 0.15) is 11.5 Å². The van der Waals surface area contributed by atoms with Crippen molar-refractivity contribution in [2.75, 3.05) is 0 Å². The molecule has 2 aliphatic heterocycles. The van der Waals surface area contributed by atoms with Crippen LogP contribution in [0.5, 0.6) is 0 Å². The van der Waals surface area contributed by atoms with Gasteiger partial charge in [-0.25, -0.2) is 10.0 Å². The molecule has 0 fully saturated rings. The van der Waals surface area contributed by atoms with Crippen molar-refractivity contribution in [3.05, 3.63) is 116 Å². The predicted octanol–water partition coefficient (Wildman–Crippen LogP) is 5.44. The Balaban J connectivity index is 1.39. The molecule has 36 heavy (non-hydrogen) atoms. The molecule has 0 saturated carbocycles. The molecule has 1 atom stereocenters. The first-order chi connectivity index (χ1) is 17.6. The molecule has 3 aromatic carbocycles. The van der Waals surface area contributed by atoms with Crippen LogP contribution in [0.3, 0.4) is 0 Å². The van der Waals surface area contributed by atoms with Crippen molar-refractivity contribution >= 4 is 56.1 Å². The Morgan fingerprint density at radius 3 is 2.61 bits per heavy atom. The Bertz CT molecular complexity index is 1630. The average Bonchev–Trinajstić information content (AvgIpc) is 3.38. The molecule has 0 radical (unpaired) electrons. The number of amidine groups is 1. The first-order valence-electron chi connectivity index (χ1n) is 11.1. The summed E-state index contributed by atoms with van der Waals surface area (Å²) >= 11 is 11.2. The second-order valence-electron chi connectivity index (χ2n) is 8.16. The molecule has 1 unspecified atom stereocenters. The van der Waals surface area contributed by atoms with Gasteiger partial charge in [0.15, 0.2) is 10.9 Å². The number of carbonyl (C=O) groups is 1. The zero-order valence-corrected chi connectivity index (χ0v) is 21.8. The van der Waals surface area contributed by atoms with E-state index in [-0.39, 0.29) is 5.91 Å². The van der Waals surface area contributed by atoms with Crippen LogP contribution in [0.15, 0.2) is 104 Å². The van der Waals surface area contributed by atoms with E-state index >= 15 is 0 Å². The molecular formula is C27H18BrClN4O2S. The van der Waals surface area contributed by atoms with Crippen LogP contribution in [0, 0.1) is 0 Å². The van der Waals surface area contributed by atoms with E-state index in [0.29, 0.717) is 38.5 Å². The first kappa shape index (κ1) is 23.1. The minimum atomic E-state index is -0.624. The van der Waals surface area contributed by atoms with Gasteiger partial charge in [0.05, 0.1) is 5.36 Å². The lowest BCUT2D eigenvalue weighted by atomic mass is 10.1. The number of nitrogens with zero attached hydrogens (tertiary/aromatic N) is 3. The Morgan fingerprint density at radius 2 is 1.78 bits per heavy atom. The van der Waals surface area contributed by atoms with Crippen LogP contribution in [0.2, 0.25) is 5.02 Å². The Hall–Kier alpha value is -3.33. The molecule has 178 valence electrons. The lowest BCUT2D eigenvalue weighted by Gasteiger charge is -2.32. The van der Waals surface area contributed by atoms with E-state index in [1.54, 1.807) is 5.01 Å². The lowest BCUT2D eigenvalue weighted by Crippen LogP contribution is -2.50. The van der Waals surface area contributed by atoms with E-state index in [1.807, 2.05) is 84.9 Å². The maximum Gasteiger partial charge on any atom is 0.276 e. The Kier molecular flexibility index (Phi) is 6.17. The van der Waals surface area contributed by atoms with Gasteiger partial charge in [0.25, 0.3) is 5.91 Å². The van der Waals surface area contributed by atoms with Crippen molar-refractivity contribution < 1.29 is 9.21 Å². The maximum atomic E-state index is 13.3. The molecular weight excluding hydrogens is 560 g/mol. The molecule has 2 aliphatic rings. The van der Waals surface area contributed by atoms with Crippen LogP contribution in [0.4, 0.5) is 0 Å². The molecule has 0 aliphatic carbocycles. The third kappa shape index (κ3) is 4.36. The van der Waals surface area contributed by atoms with Gasteiger partial charge in [-0.05, 0) is 42.0 Å². The number of nitrogens with one attached hydrogen (secondary N) is 1. The zero-order valence-electron chi connectivity index (χ0n) is 18.7. The Labute approximate surface area is 224 Å². The molecule has 4 aromatic rings. The van der Waals surface area contributed by atoms with Gasteiger partial charge < -0.3 is 4.42 Å². The van der Waals surface area contributed by atoms with Gasteiger partial charge in [-0.3, -0.25) is 10.1 Å². The number of benzene rings is 3. The van der Waals surface area contributed by atoms with Crippen molar-refractivity contribution in [3.63, 3.8) is 0 Å². The number of hydrazone groups is 1. The molecule has 1 N–H and O–H groups in total. The fourth-order valence-corrected chi connectivity index (χ4v) is 5.50. The number of hydrogen-bond acceptors (Lipinski definition) is 6. The topological polar surface area (TPSA) is 70.2 Å². The largest absolute Gasteiger partial charge is 0.457 e. The number of rotatable bonds is 4. The first-order valence-corrected chi connectivity index (χ1v) is 13.3. The minimum absolute atomic E-state index is 0.237. The van der Waals surface area contributed by atoms with Crippen molar-refractivity contribution in [1.82, 2.24) is 10.3 Å². The molecule has 0 saturated heterocycles. The molecule has 6 rings (SSSR count). The van der Waals surface area contributed by atoms with Gasteiger partial charge in [0.2, 0.25) is 6.17 Å². The smallest absolute Gasteiger partial charge is 0.276 e. The number of para-hydroxylation sites is 1. The van der Waals surface area contributed by atoms with E-state index < -0.39 is 6.17 Å². The highest BCUT2D eigenvalue weighted by Gasteiger charge is 2.36. The number of carbonyl (C=O) groups excluding carboxylic acids is 1. The van der Waals surface area contributed by atoms with E-state index in [0.717, 1.165) is 20.8 Å². The van der Waals surface area contributed by atoms with Gasteiger partial charge in [-0.1, -0.05) is 87.8 Å². The number of halogens is 2. The highest BCUT2D eigenvalue weighted by molar-refractivity contribution is 9.10. The van der Waals surface area contributed by atoms with Crippen LogP contribution in [0.1, 0.15) is 17.5 Å². The number of thioether (sulfide) groups is 1. The van der Waals surface area contributed by atoms with Crippen molar-refractivity contribution in [2.45, 2.75) is 11.9 Å². The maximum absolute atomic E-state index is 13.3. The quantitative estimate of drug-likeness (QED) is 0.351. The number of amides is 1. The molecule has 0 spiro atoms. The summed E-state index contributed by atoms with van der Waals surface area (Å²) in [7, 11) is 0. The summed E-state index contributed by atoms with van der Waals surface area (Å²) in [4.78, 5) is 18.2. The fourth-order valence-electron chi connectivity index (χ4n) is 4.10. The van der Waals surface area contributed by atoms with Crippen LogP contribution in [-0.2, 0) is 10.5 Å². The van der Waals surface area contributed by atoms with Crippen LogP contribution in [-0.4, -0.2) is 16.1 Å². The molecule has 6 nitrogen and oxygen atoms in total. The van der Waals surface area contributed by atoms with Crippen LogP contribution in [0.25, 0.3) is 17.0 Å². The van der Waals surface area contributed by atoms with Crippen molar-refractivity contribution in [2.24, 2.45) is 10.1 Å². The van der Waals surface area contributed by atoms with Gasteiger partial charge in [0, 0.05) is 26.0 Å². The van der Waals surface area contributed by atoms with E-state index in [2.05, 4.69) is 21.2 Å². The molecule has 9 heteroatoms. The predicted molar refractivity (Wildman–Crippen MR) is 145 cm³/mol. The molecule has 3 heterocycles. The third-order valence-electron chi connectivity index (χ3n) is 5.85. The minimum Gasteiger partial charge on any atom is -0.457 e. The normalized spacial score (nSPS) is 16.6. The van der Waals surface area contributed by atoms with E-state index in [1.165, 1.54) is 11.8 Å². The fraction of sp³-hybridized carbons (Fsp3) is 0.0741. The number of fused-ring (bicyclic) bond motifs is 2. The summed E-state index contributed by atoms with van der Waals surface area (Å²) in [5, 5.41) is 12.0. The van der Waals surface area contributed by atoms with Crippen molar-refractivity contribution in [3.8, 4) is 11.3 Å². The second kappa shape index (κ2) is 9.61. The summed E-state index contributed by atoms with van der Waals surface area (Å²) in [6, 6.07) is 26.9. The highest BCUT2D eigenvalue weighted by Crippen LogP contribution is 2.34. The van der Waals surface area contributed by atoms with Crippen LogP contribution >= 0.6 is 39.3 Å². The summed E-state index contributed by atoms with van der Waals surface area (Å²) < 4.78 is 7.23. The standard InChI is InChI=1S/C27H18BrClN4O2S/c28-18-11-9-16(10-12-18)22-13-14-23(35-22)25-30-21-8-4-2-6-19(21)24-26(34)31-27(32-33(24)25)36-15-17-5-1-3-7-20(17)29/h1-14,25H,15H2,(H,31,32,34). The molecule has 1 aromatic heterocycles. The van der Waals surface area contributed by atoms with Gasteiger partial charge >= 0.3 is 0 Å². The third-order valence-corrected chi connectivity index (χ3v) is 7.66. The zero-order chi connectivity index (χ0) is 24.6. The monoisotopic (exact) mass is 576 g/mol. The summed E-state index contributed by atoms with van der Waals surface area (Å²) in [6.45, 7) is 0. The molecule has 0 bridgehead atoms.